The van der Waals surface area contributed by atoms with E-state index in [4.69, 9.17) is 21.7 Å². The number of aromatic amines is 1. The van der Waals surface area contributed by atoms with Gasteiger partial charge in [-0.3, -0.25) is 9.89 Å². The van der Waals surface area contributed by atoms with Crippen LogP contribution in [-0.2, 0) is 17.9 Å². The predicted molar refractivity (Wildman–Crippen MR) is 93.5 cm³/mol. The highest BCUT2D eigenvalue weighted by Crippen LogP contribution is 2.23. The number of amides is 1. The number of ether oxygens (including phenoxy) is 2. The van der Waals surface area contributed by atoms with Gasteiger partial charge in [0.05, 0.1) is 20.8 Å². The third kappa shape index (κ3) is 4.45. The summed E-state index contributed by atoms with van der Waals surface area (Å²) in [6.45, 7) is 2.96. The molecule has 7 nitrogen and oxygen atoms in total. The Bertz CT molecular complexity index is 773. The Morgan fingerprint density at radius 1 is 1.33 bits per heavy atom. The molecule has 0 unspecified atom stereocenters. The zero-order chi connectivity index (χ0) is 17.5. The first kappa shape index (κ1) is 17.7. The van der Waals surface area contributed by atoms with E-state index in [0.717, 1.165) is 5.56 Å². The molecule has 2 aromatic rings. The molecule has 0 fully saturated rings. The SMILES string of the molecule is CCn1c(CNC(=O)/C=C\c2cc(OC)cc(OC)c2)n[nH]c1=S. The summed E-state index contributed by atoms with van der Waals surface area (Å²) in [5, 5.41) is 9.59. The highest BCUT2D eigenvalue weighted by molar-refractivity contribution is 7.71. The van der Waals surface area contributed by atoms with E-state index in [0.29, 0.717) is 35.2 Å². The maximum absolute atomic E-state index is 12.0. The van der Waals surface area contributed by atoms with Gasteiger partial charge in [0.15, 0.2) is 10.6 Å². The molecule has 1 aromatic heterocycles. The minimum Gasteiger partial charge on any atom is -0.497 e. The summed E-state index contributed by atoms with van der Waals surface area (Å²) in [6.07, 6.45) is 3.14. The van der Waals surface area contributed by atoms with E-state index >= 15 is 0 Å². The summed E-state index contributed by atoms with van der Waals surface area (Å²) >= 11 is 5.11. The number of methoxy groups -OCH3 is 2. The topological polar surface area (TPSA) is 81.2 Å². The van der Waals surface area contributed by atoms with E-state index in [9.17, 15) is 4.79 Å². The zero-order valence-electron chi connectivity index (χ0n) is 13.8. The Morgan fingerprint density at radius 3 is 2.58 bits per heavy atom. The van der Waals surface area contributed by atoms with Crippen LogP contribution in [0.5, 0.6) is 11.5 Å². The minimum atomic E-state index is -0.228. The Morgan fingerprint density at radius 2 is 2.00 bits per heavy atom. The van der Waals surface area contributed by atoms with Gasteiger partial charge in [-0.1, -0.05) is 0 Å². The number of nitrogens with one attached hydrogen (secondary N) is 2. The van der Waals surface area contributed by atoms with Crippen LogP contribution in [-0.4, -0.2) is 34.9 Å². The molecular weight excluding hydrogens is 328 g/mol. The number of benzene rings is 1. The van der Waals surface area contributed by atoms with Crippen molar-refractivity contribution in [1.29, 1.82) is 0 Å². The molecule has 8 heteroatoms. The number of nitrogens with zero attached hydrogens (tertiary/aromatic N) is 2. The predicted octanol–water partition coefficient (Wildman–Crippen LogP) is 2.31. The summed E-state index contributed by atoms with van der Waals surface area (Å²) in [5.74, 6) is 1.78. The quantitative estimate of drug-likeness (QED) is 0.593. The summed E-state index contributed by atoms with van der Waals surface area (Å²) in [7, 11) is 3.16. The molecule has 0 atom stereocenters. The van der Waals surface area contributed by atoms with E-state index in [1.807, 2.05) is 23.6 Å². The Labute approximate surface area is 145 Å². The lowest BCUT2D eigenvalue weighted by atomic mass is 10.2. The fourth-order valence-corrected chi connectivity index (χ4v) is 2.41. The molecule has 128 valence electrons. The number of hydrogen-bond donors (Lipinski definition) is 2. The van der Waals surface area contributed by atoms with E-state index in [1.165, 1.54) is 6.08 Å². The van der Waals surface area contributed by atoms with Crippen molar-refractivity contribution < 1.29 is 14.3 Å². The first-order chi connectivity index (χ1) is 11.6. The molecule has 0 aliphatic heterocycles. The molecule has 1 amide bonds. The van der Waals surface area contributed by atoms with Crippen LogP contribution in [0.25, 0.3) is 6.08 Å². The van der Waals surface area contributed by atoms with Crippen molar-refractivity contribution in [3.05, 3.63) is 40.4 Å². The fourth-order valence-electron chi connectivity index (χ4n) is 2.13. The summed E-state index contributed by atoms with van der Waals surface area (Å²) < 4.78 is 12.8. The smallest absolute Gasteiger partial charge is 0.244 e. The molecule has 1 heterocycles. The van der Waals surface area contributed by atoms with Gasteiger partial charge in [0.25, 0.3) is 0 Å². The largest absolute Gasteiger partial charge is 0.497 e. The standard InChI is InChI=1S/C16H20N4O3S/c1-4-20-14(18-19-16(20)24)10-17-15(21)6-5-11-7-12(22-2)9-13(8-11)23-3/h5-9H,4,10H2,1-3H3,(H,17,21)(H,19,24)/b6-5-. The van der Waals surface area contributed by atoms with Crippen molar-refractivity contribution >= 4 is 24.2 Å². The molecule has 0 bridgehead atoms. The highest BCUT2D eigenvalue weighted by atomic mass is 32.1. The molecule has 0 spiro atoms. The van der Waals surface area contributed by atoms with Gasteiger partial charge in [0, 0.05) is 18.7 Å². The summed E-state index contributed by atoms with van der Waals surface area (Å²) in [6, 6.07) is 5.40. The van der Waals surface area contributed by atoms with Crippen LogP contribution >= 0.6 is 12.2 Å². The van der Waals surface area contributed by atoms with Gasteiger partial charge in [-0.2, -0.15) is 5.10 Å². The number of H-pyrrole nitrogens is 1. The van der Waals surface area contributed by atoms with Crippen LogP contribution in [0.15, 0.2) is 24.3 Å². The molecular formula is C16H20N4O3S. The van der Waals surface area contributed by atoms with Gasteiger partial charge >= 0.3 is 0 Å². The second-order valence-corrected chi connectivity index (χ2v) is 5.27. The summed E-state index contributed by atoms with van der Waals surface area (Å²) in [5.41, 5.74) is 0.803. The first-order valence-corrected chi connectivity index (χ1v) is 7.81. The molecule has 2 N–H and O–H groups in total. The Balaban J connectivity index is 2.01. The van der Waals surface area contributed by atoms with Gasteiger partial charge in [0.2, 0.25) is 5.91 Å². The van der Waals surface area contributed by atoms with Crippen molar-refractivity contribution in [2.45, 2.75) is 20.0 Å². The normalized spacial score (nSPS) is 10.8. The van der Waals surface area contributed by atoms with Crippen LogP contribution in [0.3, 0.4) is 0 Å². The van der Waals surface area contributed by atoms with E-state index in [1.54, 1.807) is 26.4 Å². The second-order valence-electron chi connectivity index (χ2n) is 4.89. The zero-order valence-corrected chi connectivity index (χ0v) is 14.6. The number of hydrogen-bond acceptors (Lipinski definition) is 5. The number of carbonyl (C=O) groups excluding carboxylic acids is 1. The molecule has 2 rings (SSSR count). The van der Waals surface area contributed by atoms with Gasteiger partial charge < -0.3 is 19.4 Å². The van der Waals surface area contributed by atoms with Gasteiger partial charge in [-0.25, -0.2) is 0 Å². The maximum Gasteiger partial charge on any atom is 0.244 e. The number of carbonyl (C=O) groups is 1. The lowest BCUT2D eigenvalue weighted by Crippen LogP contribution is -2.22. The third-order valence-electron chi connectivity index (χ3n) is 3.38. The average Bonchev–Trinajstić information content (AvgIpc) is 2.97. The second kappa shape index (κ2) is 8.30. The first-order valence-electron chi connectivity index (χ1n) is 7.40. The lowest BCUT2D eigenvalue weighted by molar-refractivity contribution is -0.116. The molecule has 0 saturated heterocycles. The van der Waals surface area contributed by atoms with Crippen molar-refractivity contribution in [3.63, 3.8) is 0 Å². The van der Waals surface area contributed by atoms with Crippen LogP contribution < -0.4 is 14.8 Å². The Hall–Kier alpha value is -2.61. The molecule has 0 aliphatic rings. The Kier molecular flexibility index (Phi) is 6.14. The molecule has 0 radical (unpaired) electrons. The van der Waals surface area contributed by atoms with Gasteiger partial charge in [-0.05, 0) is 42.9 Å². The van der Waals surface area contributed by atoms with E-state index < -0.39 is 0 Å². The van der Waals surface area contributed by atoms with E-state index in [2.05, 4.69) is 15.5 Å². The van der Waals surface area contributed by atoms with Crippen LogP contribution in [0.1, 0.15) is 18.3 Å². The molecule has 24 heavy (non-hydrogen) atoms. The van der Waals surface area contributed by atoms with E-state index in [-0.39, 0.29) is 5.91 Å². The monoisotopic (exact) mass is 348 g/mol. The molecule has 0 aliphatic carbocycles. The molecule has 1 aromatic carbocycles. The van der Waals surface area contributed by atoms with Gasteiger partial charge in [0.1, 0.15) is 11.5 Å². The number of aromatic nitrogens is 3. The summed E-state index contributed by atoms with van der Waals surface area (Å²) in [4.78, 5) is 12.0. The van der Waals surface area contributed by atoms with Crippen LogP contribution in [0.2, 0.25) is 0 Å². The highest BCUT2D eigenvalue weighted by Gasteiger charge is 2.05. The average molecular weight is 348 g/mol. The van der Waals surface area contributed by atoms with Crippen molar-refractivity contribution in [2.24, 2.45) is 0 Å². The third-order valence-corrected chi connectivity index (χ3v) is 3.69. The molecule has 0 saturated carbocycles. The number of rotatable bonds is 7. The van der Waals surface area contributed by atoms with Gasteiger partial charge in [-0.15, -0.1) is 0 Å². The van der Waals surface area contributed by atoms with Crippen molar-refractivity contribution in [3.8, 4) is 11.5 Å². The van der Waals surface area contributed by atoms with Crippen LogP contribution in [0.4, 0.5) is 0 Å². The minimum absolute atomic E-state index is 0.228. The fraction of sp³-hybridized carbons (Fsp3) is 0.312. The lowest BCUT2D eigenvalue weighted by Gasteiger charge is -2.06. The maximum atomic E-state index is 12.0. The van der Waals surface area contributed by atoms with Crippen molar-refractivity contribution in [1.82, 2.24) is 20.1 Å². The van der Waals surface area contributed by atoms with Crippen LogP contribution in [0, 0.1) is 4.77 Å². The van der Waals surface area contributed by atoms with Crippen molar-refractivity contribution in [2.75, 3.05) is 14.2 Å².